The van der Waals surface area contributed by atoms with E-state index >= 15 is 0 Å². The van der Waals surface area contributed by atoms with E-state index in [-0.39, 0.29) is 17.2 Å². The zero-order valence-electron chi connectivity index (χ0n) is 14.7. The maximum absolute atomic E-state index is 12.5. The highest BCUT2D eigenvalue weighted by Crippen LogP contribution is 2.30. The van der Waals surface area contributed by atoms with Crippen molar-refractivity contribution in [3.63, 3.8) is 0 Å². The molecule has 0 aliphatic carbocycles. The number of anilines is 1. The lowest BCUT2D eigenvalue weighted by Crippen LogP contribution is -2.31. The first-order chi connectivity index (χ1) is 12.0. The summed E-state index contributed by atoms with van der Waals surface area (Å²) in [4.78, 5) is 24.9. The third kappa shape index (κ3) is 4.12. The maximum Gasteiger partial charge on any atom is 0.293 e. The van der Waals surface area contributed by atoms with Gasteiger partial charge in [0.2, 0.25) is 5.91 Å². The van der Waals surface area contributed by atoms with Gasteiger partial charge >= 0.3 is 0 Å². The molecule has 0 radical (unpaired) electrons. The molecule has 134 valence electrons. The number of carbonyl (C=O) groups excluding carboxylic acids is 1. The fraction of sp³-hybridized carbons (Fsp3) is 0.333. The van der Waals surface area contributed by atoms with Gasteiger partial charge in [-0.2, -0.15) is 0 Å². The highest BCUT2D eigenvalue weighted by molar-refractivity contribution is 5.93. The molecule has 1 amide bonds. The van der Waals surface area contributed by atoms with Gasteiger partial charge in [-0.1, -0.05) is 0 Å². The number of benzene rings is 1. The summed E-state index contributed by atoms with van der Waals surface area (Å²) < 4.78 is 17.0. The van der Waals surface area contributed by atoms with Gasteiger partial charge in [-0.3, -0.25) is 9.59 Å². The molecule has 7 heteroatoms. The summed E-state index contributed by atoms with van der Waals surface area (Å²) in [5.41, 5.74) is 0.197. The van der Waals surface area contributed by atoms with Crippen LogP contribution in [0, 0.1) is 0 Å². The van der Waals surface area contributed by atoms with Gasteiger partial charge in [0.1, 0.15) is 6.04 Å². The molecule has 1 unspecified atom stereocenters. The van der Waals surface area contributed by atoms with E-state index < -0.39 is 6.04 Å². The van der Waals surface area contributed by atoms with Crippen LogP contribution in [0.15, 0.2) is 41.3 Å². The number of methoxy groups -OCH3 is 2. The summed E-state index contributed by atoms with van der Waals surface area (Å²) in [6.07, 6.45) is 1.56. The third-order valence-electron chi connectivity index (χ3n) is 3.69. The second kappa shape index (κ2) is 8.23. The van der Waals surface area contributed by atoms with Crippen molar-refractivity contribution < 1.29 is 19.0 Å². The Bertz CT molecular complexity index is 800. The van der Waals surface area contributed by atoms with Gasteiger partial charge < -0.3 is 24.1 Å². The standard InChI is InChI=1S/C18H22N2O5/c1-5-25-15-7-6-10-20(18(15)22)12(2)17(21)19-13-8-9-14(23-3)16(11-13)24-4/h6-12H,5H2,1-4H3,(H,19,21). The minimum Gasteiger partial charge on any atom is -0.493 e. The molecule has 2 aromatic rings. The van der Waals surface area contributed by atoms with Gasteiger partial charge in [-0.05, 0) is 38.1 Å². The Labute approximate surface area is 146 Å². The van der Waals surface area contributed by atoms with E-state index in [1.807, 2.05) is 0 Å². The van der Waals surface area contributed by atoms with Gasteiger partial charge in [-0.15, -0.1) is 0 Å². The first-order valence-electron chi connectivity index (χ1n) is 7.88. The monoisotopic (exact) mass is 346 g/mol. The van der Waals surface area contributed by atoms with Crippen LogP contribution in [0.1, 0.15) is 19.9 Å². The molecule has 1 heterocycles. The molecule has 0 bridgehead atoms. The molecule has 1 aromatic heterocycles. The Morgan fingerprint density at radius 1 is 1.16 bits per heavy atom. The average molecular weight is 346 g/mol. The third-order valence-corrected chi connectivity index (χ3v) is 3.69. The molecule has 25 heavy (non-hydrogen) atoms. The summed E-state index contributed by atoms with van der Waals surface area (Å²) in [6.45, 7) is 3.82. The normalized spacial score (nSPS) is 11.5. The molecule has 1 aromatic carbocycles. The first-order valence-corrected chi connectivity index (χ1v) is 7.88. The number of carbonyl (C=O) groups is 1. The van der Waals surface area contributed by atoms with Gasteiger partial charge in [0.05, 0.1) is 20.8 Å². The van der Waals surface area contributed by atoms with Gasteiger partial charge in [0.25, 0.3) is 5.56 Å². The number of amides is 1. The summed E-state index contributed by atoms with van der Waals surface area (Å²) >= 11 is 0. The van der Waals surface area contributed by atoms with Crippen LogP contribution in [-0.2, 0) is 4.79 Å². The zero-order chi connectivity index (χ0) is 18.4. The SMILES string of the molecule is CCOc1cccn(C(C)C(=O)Nc2ccc(OC)c(OC)c2)c1=O. The molecule has 2 rings (SSSR count). The topological polar surface area (TPSA) is 78.8 Å². The van der Waals surface area contributed by atoms with E-state index in [9.17, 15) is 9.59 Å². The number of hydrogen-bond donors (Lipinski definition) is 1. The van der Waals surface area contributed by atoms with Crippen LogP contribution >= 0.6 is 0 Å². The molecular weight excluding hydrogens is 324 g/mol. The molecule has 0 spiro atoms. The van der Waals surface area contributed by atoms with Gasteiger partial charge in [0, 0.05) is 18.0 Å². The fourth-order valence-corrected chi connectivity index (χ4v) is 2.35. The van der Waals surface area contributed by atoms with E-state index in [1.165, 1.54) is 18.8 Å². The van der Waals surface area contributed by atoms with Crippen LogP contribution in [0.3, 0.4) is 0 Å². The quantitative estimate of drug-likeness (QED) is 0.833. The maximum atomic E-state index is 12.5. The number of hydrogen-bond acceptors (Lipinski definition) is 5. The van der Waals surface area contributed by atoms with Crippen molar-refractivity contribution in [2.75, 3.05) is 26.1 Å². The first kappa shape index (κ1) is 18.4. The van der Waals surface area contributed by atoms with Crippen molar-refractivity contribution >= 4 is 11.6 Å². The van der Waals surface area contributed by atoms with Gasteiger partial charge in [-0.25, -0.2) is 0 Å². The van der Waals surface area contributed by atoms with Crippen molar-refractivity contribution in [1.29, 1.82) is 0 Å². The predicted molar refractivity (Wildman–Crippen MR) is 94.8 cm³/mol. The van der Waals surface area contributed by atoms with E-state index in [4.69, 9.17) is 14.2 Å². The number of pyridine rings is 1. The Morgan fingerprint density at radius 3 is 2.52 bits per heavy atom. The largest absolute Gasteiger partial charge is 0.493 e. The lowest BCUT2D eigenvalue weighted by molar-refractivity contribution is -0.118. The molecule has 1 N–H and O–H groups in total. The lowest BCUT2D eigenvalue weighted by atomic mass is 10.2. The highest BCUT2D eigenvalue weighted by Gasteiger charge is 2.18. The predicted octanol–water partition coefficient (Wildman–Crippen LogP) is 2.46. The molecule has 0 aliphatic rings. The Balaban J connectivity index is 2.21. The van der Waals surface area contributed by atoms with Crippen LogP contribution in [0.2, 0.25) is 0 Å². The van der Waals surface area contributed by atoms with Crippen LogP contribution in [-0.4, -0.2) is 31.3 Å². The summed E-state index contributed by atoms with van der Waals surface area (Å²) in [5.74, 6) is 0.955. The van der Waals surface area contributed by atoms with E-state index in [0.29, 0.717) is 23.8 Å². The molecule has 0 aliphatic heterocycles. The minimum atomic E-state index is -0.707. The van der Waals surface area contributed by atoms with Crippen molar-refractivity contribution in [3.05, 3.63) is 46.9 Å². The van der Waals surface area contributed by atoms with Crippen molar-refractivity contribution in [2.24, 2.45) is 0 Å². The van der Waals surface area contributed by atoms with Crippen LogP contribution in [0.25, 0.3) is 0 Å². The summed E-state index contributed by atoms with van der Waals surface area (Å²) in [6, 6.07) is 7.60. The van der Waals surface area contributed by atoms with Crippen LogP contribution < -0.4 is 25.1 Å². The summed E-state index contributed by atoms with van der Waals surface area (Å²) in [7, 11) is 3.06. The average Bonchev–Trinajstić information content (AvgIpc) is 2.62. The number of rotatable bonds is 7. The Kier molecular flexibility index (Phi) is 6.05. The minimum absolute atomic E-state index is 0.218. The molecule has 0 saturated heterocycles. The second-order valence-corrected chi connectivity index (χ2v) is 5.25. The Hall–Kier alpha value is -2.96. The molecular formula is C18H22N2O5. The number of aromatic nitrogens is 1. The highest BCUT2D eigenvalue weighted by atomic mass is 16.5. The number of ether oxygens (including phenoxy) is 3. The van der Waals surface area contributed by atoms with Crippen LogP contribution in [0.4, 0.5) is 5.69 Å². The molecule has 7 nitrogen and oxygen atoms in total. The van der Waals surface area contributed by atoms with E-state index in [2.05, 4.69) is 5.32 Å². The molecule has 1 atom stereocenters. The number of nitrogens with zero attached hydrogens (tertiary/aromatic N) is 1. The van der Waals surface area contributed by atoms with Crippen molar-refractivity contribution in [3.8, 4) is 17.2 Å². The van der Waals surface area contributed by atoms with Crippen LogP contribution in [0.5, 0.6) is 17.2 Å². The molecule has 0 saturated carbocycles. The summed E-state index contributed by atoms with van der Waals surface area (Å²) in [5, 5.41) is 2.77. The molecule has 0 fully saturated rings. The van der Waals surface area contributed by atoms with Gasteiger partial charge in [0.15, 0.2) is 17.2 Å². The van der Waals surface area contributed by atoms with Crippen molar-refractivity contribution in [2.45, 2.75) is 19.9 Å². The van der Waals surface area contributed by atoms with E-state index in [1.54, 1.807) is 50.4 Å². The van der Waals surface area contributed by atoms with Crippen molar-refractivity contribution in [1.82, 2.24) is 4.57 Å². The lowest BCUT2D eigenvalue weighted by Gasteiger charge is -2.17. The Morgan fingerprint density at radius 2 is 1.88 bits per heavy atom. The number of nitrogens with one attached hydrogen (secondary N) is 1. The fourth-order valence-electron chi connectivity index (χ4n) is 2.35. The smallest absolute Gasteiger partial charge is 0.293 e. The zero-order valence-corrected chi connectivity index (χ0v) is 14.7. The second-order valence-electron chi connectivity index (χ2n) is 5.25. The van der Waals surface area contributed by atoms with E-state index in [0.717, 1.165) is 0 Å².